The molecule has 4 N–H and O–H groups in total. The molecule has 3 aromatic rings. The summed E-state index contributed by atoms with van der Waals surface area (Å²) in [5, 5.41) is 20.0. The molecule has 0 bridgehead atoms. The second-order valence-corrected chi connectivity index (χ2v) is 5.57. The Kier molecular flexibility index (Phi) is 4.18. The molecule has 124 valence electrons. The molecule has 7 nitrogen and oxygen atoms in total. The van der Waals surface area contributed by atoms with Crippen molar-refractivity contribution in [1.82, 2.24) is 4.98 Å². The molecule has 1 aromatic heterocycles. The lowest BCUT2D eigenvalue weighted by atomic mass is 10.1. The lowest BCUT2D eigenvalue weighted by Gasteiger charge is -2.02. The maximum atomic E-state index is 8.89. The summed E-state index contributed by atoms with van der Waals surface area (Å²) in [7, 11) is 0. The second kappa shape index (κ2) is 6.45. The van der Waals surface area contributed by atoms with Crippen LogP contribution in [0.25, 0.3) is 22.6 Å². The Morgan fingerprint density at radius 2 is 2.04 bits per heavy atom. The molecule has 0 atom stereocenters. The van der Waals surface area contributed by atoms with Crippen molar-refractivity contribution >= 4 is 28.3 Å². The Balaban J connectivity index is 2.02. The molecule has 0 saturated carbocycles. The van der Waals surface area contributed by atoms with Gasteiger partial charge in [-0.15, -0.1) is 0 Å². The largest absolute Gasteiger partial charge is 0.436 e. The lowest BCUT2D eigenvalue weighted by molar-refractivity contribution is 0.617. The predicted molar refractivity (Wildman–Crippen MR) is 97.5 cm³/mol. The van der Waals surface area contributed by atoms with Crippen molar-refractivity contribution in [3.63, 3.8) is 0 Å². The van der Waals surface area contributed by atoms with E-state index in [2.05, 4.69) is 15.5 Å². The topological polar surface area (TPSA) is 124 Å². The average Bonchev–Trinajstić information content (AvgIpc) is 3.00. The van der Waals surface area contributed by atoms with E-state index in [0.717, 1.165) is 16.7 Å². The van der Waals surface area contributed by atoms with Gasteiger partial charge in [0, 0.05) is 5.56 Å². The standard InChI is InChI=1S/C18H16N6O/c1-10-5-3-4-6-13(10)18-22-14-8-12(7-11(2)16(14)25-18)23-24-15(9-19)17(20)21/h3-8,23H,1-2H3,(H3,20,21)/b24-15+. The van der Waals surface area contributed by atoms with E-state index in [0.29, 0.717) is 22.7 Å². The van der Waals surface area contributed by atoms with E-state index in [1.807, 2.05) is 44.2 Å². The lowest BCUT2D eigenvalue weighted by Crippen LogP contribution is -2.21. The van der Waals surface area contributed by atoms with Crippen molar-refractivity contribution in [3.8, 4) is 17.5 Å². The van der Waals surface area contributed by atoms with Gasteiger partial charge in [-0.05, 0) is 43.2 Å². The molecule has 0 radical (unpaired) electrons. The number of hydrogen-bond acceptors (Lipinski definition) is 6. The SMILES string of the molecule is Cc1ccccc1-c1nc2cc(N/N=C(\C#N)C(=N)N)cc(C)c2o1. The highest BCUT2D eigenvalue weighted by Gasteiger charge is 2.13. The van der Waals surface area contributed by atoms with Crippen LogP contribution in [0.4, 0.5) is 5.69 Å². The first kappa shape index (κ1) is 16.2. The van der Waals surface area contributed by atoms with Crippen molar-refractivity contribution in [3.05, 3.63) is 47.5 Å². The van der Waals surface area contributed by atoms with Crippen LogP contribution in [-0.4, -0.2) is 16.5 Å². The second-order valence-electron chi connectivity index (χ2n) is 5.57. The number of oxazole rings is 1. The molecule has 1 heterocycles. The molecule has 2 aromatic carbocycles. The Morgan fingerprint density at radius 1 is 1.28 bits per heavy atom. The Hall–Kier alpha value is -3.66. The van der Waals surface area contributed by atoms with Crippen LogP contribution < -0.4 is 11.2 Å². The molecular formula is C18H16N6O. The zero-order valence-electron chi connectivity index (χ0n) is 13.8. The van der Waals surface area contributed by atoms with Crippen LogP contribution in [0.2, 0.25) is 0 Å². The van der Waals surface area contributed by atoms with Crippen LogP contribution >= 0.6 is 0 Å². The summed E-state index contributed by atoms with van der Waals surface area (Å²) in [6.45, 7) is 3.91. The van der Waals surface area contributed by atoms with Gasteiger partial charge in [-0.1, -0.05) is 18.2 Å². The predicted octanol–water partition coefficient (Wildman–Crippen LogP) is 3.34. The van der Waals surface area contributed by atoms with Crippen LogP contribution in [0.15, 0.2) is 45.9 Å². The number of nitrogens with two attached hydrogens (primary N) is 1. The number of nitriles is 1. The maximum Gasteiger partial charge on any atom is 0.227 e. The molecule has 0 aliphatic heterocycles. The quantitative estimate of drug-likeness (QED) is 0.384. The van der Waals surface area contributed by atoms with E-state index < -0.39 is 5.84 Å². The van der Waals surface area contributed by atoms with E-state index in [1.54, 1.807) is 12.1 Å². The van der Waals surface area contributed by atoms with Gasteiger partial charge in [0.2, 0.25) is 11.6 Å². The molecule has 0 saturated heterocycles. The van der Waals surface area contributed by atoms with E-state index in [4.69, 9.17) is 20.8 Å². The summed E-state index contributed by atoms with van der Waals surface area (Å²) in [6, 6.07) is 13.2. The summed E-state index contributed by atoms with van der Waals surface area (Å²) >= 11 is 0. The van der Waals surface area contributed by atoms with E-state index in [-0.39, 0.29) is 5.71 Å². The number of fused-ring (bicyclic) bond motifs is 1. The first-order chi connectivity index (χ1) is 12.0. The van der Waals surface area contributed by atoms with Crippen LogP contribution in [0.1, 0.15) is 11.1 Å². The molecule has 3 rings (SSSR count). The Morgan fingerprint density at radius 3 is 2.72 bits per heavy atom. The minimum atomic E-state index is -0.393. The molecule has 0 fully saturated rings. The number of nitrogens with one attached hydrogen (secondary N) is 2. The zero-order chi connectivity index (χ0) is 18.0. The van der Waals surface area contributed by atoms with Gasteiger partial charge in [-0.2, -0.15) is 10.4 Å². The van der Waals surface area contributed by atoms with E-state index >= 15 is 0 Å². The molecule has 0 unspecified atom stereocenters. The van der Waals surface area contributed by atoms with Crippen molar-refractivity contribution in [1.29, 1.82) is 10.7 Å². The minimum absolute atomic E-state index is 0.182. The van der Waals surface area contributed by atoms with Gasteiger partial charge in [-0.3, -0.25) is 10.8 Å². The van der Waals surface area contributed by atoms with Crippen molar-refractivity contribution in [2.24, 2.45) is 10.8 Å². The fraction of sp³-hybridized carbons (Fsp3) is 0.111. The zero-order valence-corrected chi connectivity index (χ0v) is 13.8. The first-order valence-electron chi connectivity index (χ1n) is 7.55. The van der Waals surface area contributed by atoms with Gasteiger partial charge in [0.15, 0.2) is 11.4 Å². The van der Waals surface area contributed by atoms with Gasteiger partial charge in [0.1, 0.15) is 11.6 Å². The summed E-state index contributed by atoms with van der Waals surface area (Å²) in [6.07, 6.45) is 0. The van der Waals surface area contributed by atoms with E-state index in [9.17, 15) is 0 Å². The highest BCUT2D eigenvalue weighted by atomic mass is 16.3. The number of amidine groups is 1. The highest BCUT2D eigenvalue weighted by molar-refractivity contribution is 6.45. The van der Waals surface area contributed by atoms with E-state index in [1.165, 1.54) is 0 Å². The molecule has 0 aliphatic rings. The van der Waals surface area contributed by atoms with Crippen molar-refractivity contribution in [2.45, 2.75) is 13.8 Å². The molecule has 0 spiro atoms. The molecule has 7 heteroatoms. The van der Waals surface area contributed by atoms with Crippen LogP contribution in [0.5, 0.6) is 0 Å². The molecular weight excluding hydrogens is 316 g/mol. The van der Waals surface area contributed by atoms with Gasteiger partial charge < -0.3 is 10.2 Å². The van der Waals surface area contributed by atoms with Crippen molar-refractivity contribution in [2.75, 3.05) is 5.43 Å². The Labute approximate surface area is 144 Å². The highest BCUT2D eigenvalue weighted by Crippen LogP contribution is 2.30. The number of aromatic nitrogens is 1. The number of nitrogens with zero attached hydrogens (tertiary/aromatic N) is 3. The maximum absolute atomic E-state index is 8.89. The number of anilines is 1. The van der Waals surface area contributed by atoms with Gasteiger partial charge >= 0.3 is 0 Å². The van der Waals surface area contributed by atoms with Gasteiger partial charge in [0.25, 0.3) is 0 Å². The molecule has 0 amide bonds. The van der Waals surface area contributed by atoms with Crippen LogP contribution in [-0.2, 0) is 0 Å². The van der Waals surface area contributed by atoms with Crippen LogP contribution in [0, 0.1) is 30.6 Å². The number of rotatable bonds is 4. The van der Waals surface area contributed by atoms with Gasteiger partial charge in [-0.25, -0.2) is 4.98 Å². The number of hydrogen-bond donors (Lipinski definition) is 3. The molecule has 0 aliphatic carbocycles. The average molecular weight is 332 g/mol. The number of hydrazone groups is 1. The normalized spacial score (nSPS) is 11.3. The monoisotopic (exact) mass is 332 g/mol. The first-order valence-corrected chi connectivity index (χ1v) is 7.55. The third-order valence-corrected chi connectivity index (χ3v) is 3.71. The third-order valence-electron chi connectivity index (χ3n) is 3.71. The summed E-state index contributed by atoms with van der Waals surface area (Å²) < 4.78 is 5.92. The van der Waals surface area contributed by atoms with Crippen LogP contribution in [0.3, 0.4) is 0 Å². The summed E-state index contributed by atoms with van der Waals surface area (Å²) in [4.78, 5) is 4.56. The fourth-order valence-corrected chi connectivity index (χ4v) is 2.46. The number of aryl methyl sites for hydroxylation is 2. The smallest absolute Gasteiger partial charge is 0.227 e. The van der Waals surface area contributed by atoms with Gasteiger partial charge in [0.05, 0.1) is 5.69 Å². The fourth-order valence-electron chi connectivity index (χ4n) is 2.46. The third kappa shape index (κ3) is 3.19. The van der Waals surface area contributed by atoms with Crippen molar-refractivity contribution < 1.29 is 4.42 Å². The summed E-state index contributed by atoms with van der Waals surface area (Å²) in [5.41, 5.74) is 12.7. The Bertz CT molecular complexity index is 1040. The minimum Gasteiger partial charge on any atom is -0.436 e. The number of benzene rings is 2. The summed E-state index contributed by atoms with van der Waals surface area (Å²) in [5.74, 6) is 0.161. The molecule has 25 heavy (non-hydrogen) atoms.